The van der Waals surface area contributed by atoms with E-state index in [1.165, 1.54) is 12.1 Å². The fourth-order valence-electron chi connectivity index (χ4n) is 1.79. The number of hydrazine groups is 1. The lowest BCUT2D eigenvalue weighted by Crippen LogP contribution is -2.29. The largest absolute Gasteiger partial charge is 0.271 e. The Balaban J connectivity index is 2.21. The van der Waals surface area contributed by atoms with Crippen molar-refractivity contribution in [3.05, 3.63) is 63.9 Å². The van der Waals surface area contributed by atoms with Crippen LogP contribution in [0.1, 0.15) is 17.2 Å². The highest BCUT2D eigenvalue weighted by atomic mass is 79.9. The first-order chi connectivity index (χ1) is 9.10. The molecule has 100 valence electrons. The third kappa shape index (κ3) is 3.56. The van der Waals surface area contributed by atoms with E-state index < -0.39 is 5.82 Å². The average Bonchev–Trinajstić information content (AvgIpc) is 2.40. The van der Waals surface area contributed by atoms with Gasteiger partial charge in [-0.3, -0.25) is 16.3 Å². The molecule has 0 aliphatic rings. The van der Waals surface area contributed by atoms with Gasteiger partial charge in [0.25, 0.3) is 0 Å². The van der Waals surface area contributed by atoms with Crippen molar-refractivity contribution in [2.24, 2.45) is 5.84 Å². The highest BCUT2D eigenvalue weighted by molar-refractivity contribution is 9.10. The van der Waals surface area contributed by atoms with Gasteiger partial charge in [-0.05, 0) is 51.7 Å². The van der Waals surface area contributed by atoms with E-state index >= 15 is 0 Å². The van der Waals surface area contributed by atoms with E-state index in [-0.39, 0.29) is 11.9 Å². The van der Waals surface area contributed by atoms with Crippen molar-refractivity contribution in [2.45, 2.75) is 12.5 Å². The van der Waals surface area contributed by atoms with E-state index in [2.05, 4.69) is 26.3 Å². The zero-order chi connectivity index (χ0) is 13.8. The second-order valence-corrected chi connectivity index (χ2v) is 4.96. The molecule has 1 aromatic carbocycles. The maximum absolute atomic E-state index is 13.1. The van der Waals surface area contributed by atoms with Gasteiger partial charge in [0.2, 0.25) is 0 Å². The van der Waals surface area contributed by atoms with Crippen LogP contribution in [0.3, 0.4) is 0 Å². The summed E-state index contributed by atoms with van der Waals surface area (Å²) >= 11 is 3.13. The molecule has 0 fully saturated rings. The number of aromatic nitrogens is 1. The molecule has 0 radical (unpaired) electrons. The van der Waals surface area contributed by atoms with Crippen LogP contribution in [0.4, 0.5) is 8.78 Å². The van der Waals surface area contributed by atoms with Crippen LogP contribution in [0, 0.1) is 11.6 Å². The van der Waals surface area contributed by atoms with Gasteiger partial charge >= 0.3 is 0 Å². The first-order valence-electron chi connectivity index (χ1n) is 5.60. The summed E-state index contributed by atoms with van der Waals surface area (Å²) < 4.78 is 26.7. The molecule has 0 saturated heterocycles. The third-order valence-electron chi connectivity index (χ3n) is 2.75. The van der Waals surface area contributed by atoms with Crippen molar-refractivity contribution in [3.63, 3.8) is 0 Å². The molecule has 0 aliphatic heterocycles. The van der Waals surface area contributed by atoms with Crippen LogP contribution in [-0.2, 0) is 6.42 Å². The van der Waals surface area contributed by atoms with Crippen molar-refractivity contribution in [3.8, 4) is 0 Å². The number of hydrogen-bond acceptors (Lipinski definition) is 3. The molecule has 6 heteroatoms. The predicted octanol–water partition coefficient (Wildman–Crippen LogP) is 2.87. The lowest BCUT2D eigenvalue weighted by atomic mass is 10.0. The van der Waals surface area contributed by atoms with Crippen LogP contribution >= 0.6 is 15.9 Å². The first-order valence-corrected chi connectivity index (χ1v) is 6.40. The van der Waals surface area contributed by atoms with Crippen LogP contribution in [-0.4, -0.2) is 4.98 Å². The molecule has 3 N–H and O–H groups in total. The molecule has 0 aliphatic carbocycles. The van der Waals surface area contributed by atoms with Crippen molar-refractivity contribution in [1.82, 2.24) is 10.4 Å². The zero-order valence-corrected chi connectivity index (χ0v) is 11.5. The number of rotatable bonds is 4. The van der Waals surface area contributed by atoms with E-state index in [9.17, 15) is 8.78 Å². The zero-order valence-electron chi connectivity index (χ0n) is 9.91. The Labute approximate surface area is 117 Å². The van der Waals surface area contributed by atoms with Crippen LogP contribution in [0.25, 0.3) is 0 Å². The standard InChI is InChI=1S/C13H12BrF2N3/c14-11-3-8(1-2-12(11)16)4-13(19-17)9-5-10(15)7-18-6-9/h1-3,5-7,13,19H,4,17H2. The molecule has 1 heterocycles. The smallest absolute Gasteiger partial charge is 0.141 e. The van der Waals surface area contributed by atoms with E-state index in [0.29, 0.717) is 16.5 Å². The number of nitrogens with one attached hydrogen (secondary N) is 1. The Morgan fingerprint density at radius 2 is 2.05 bits per heavy atom. The number of halogens is 3. The molecule has 2 aromatic rings. The molecule has 2 rings (SSSR count). The lowest BCUT2D eigenvalue weighted by Gasteiger charge is -2.16. The molecule has 1 atom stereocenters. The van der Waals surface area contributed by atoms with E-state index in [4.69, 9.17) is 5.84 Å². The SMILES string of the molecule is NNC(Cc1ccc(F)c(Br)c1)c1cncc(F)c1. The predicted molar refractivity (Wildman–Crippen MR) is 72.1 cm³/mol. The number of pyridine rings is 1. The highest BCUT2D eigenvalue weighted by Gasteiger charge is 2.12. The van der Waals surface area contributed by atoms with Gasteiger partial charge in [0.05, 0.1) is 16.7 Å². The average molecular weight is 328 g/mol. The topological polar surface area (TPSA) is 50.9 Å². The van der Waals surface area contributed by atoms with E-state index in [1.54, 1.807) is 18.3 Å². The van der Waals surface area contributed by atoms with Gasteiger partial charge in [-0.25, -0.2) is 8.78 Å². The fraction of sp³-hybridized carbons (Fsp3) is 0.154. The lowest BCUT2D eigenvalue weighted by molar-refractivity contribution is 0.540. The number of nitrogens with zero attached hydrogens (tertiary/aromatic N) is 1. The molecule has 3 nitrogen and oxygen atoms in total. The van der Waals surface area contributed by atoms with Crippen molar-refractivity contribution in [1.29, 1.82) is 0 Å². The van der Waals surface area contributed by atoms with Crippen molar-refractivity contribution in [2.75, 3.05) is 0 Å². The summed E-state index contributed by atoms with van der Waals surface area (Å²) in [6, 6.07) is 5.79. The summed E-state index contributed by atoms with van der Waals surface area (Å²) in [5.41, 5.74) is 4.13. The summed E-state index contributed by atoms with van der Waals surface area (Å²) in [6.07, 6.45) is 3.18. The number of nitrogens with two attached hydrogens (primary N) is 1. The van der Waals surface area contributed by atoms with Crippen molar-refractivity contribution >= 4 is 15.9 Å². The molecule has 0 saturated carbocycles. The summed E-state index contributed by atoms with van der Waals surface area (Å²) in [6.45, 7) is 0. The summed E-state index contributed by atoms with van der Waals surface area (Å²) in [4.78, 5) is 3.79. The summed E-state index contributed by atoms with van der Waals surface area (Å²) in [5.74, 6) is 4.74. The minimum absolute atomic E-state index is 0.291. The molecule has 1 unspecified atom stereocenters. The maximum atomic E-state index is 13.1. The Morgan fingerprint density at radius 3 is 2.68 bits per heavy atom. The second-order valence-electron chi connectivity index (χ2n) is 4.11. The van der Waals surface area contributed by atoms with Gasteiger partial charge in [-0.2, -0.15) is 0 Å². The van der Waals surface area contributed by atoms with Gasteiger partial charge in [-0.1, -0.05) is 6.07 Å². The Morgan fingerprint density at radius 1 is 1.26 bits per heavy atom. The molecule has 0 amide bonds. The van der Waals surface area contributed by atoms with Gasteiger partial charge in [-0.15, -0.1) is 0 Å². The third-order valence-corrected chi connectivity index (χ3v) is 3.36. The van der Waals surface area contributed by atoms with Crippen LogP contribution in [0.5, 0.6) is 0 Å². The van der Waals surface area contributed by atoms with Gasteiger partial charge in [0, 0.05) is 6.20 Å². The quantitative estimate of drug-likeness (QED) is 0.670. The fourth-order valence-corrected chi connectivity index (χ4v) is 2.22. The second kappa shape index (κ2) is 6.18. The molecule has 0 bridgehead atoms. The van der Waals surface area contributed by atoms with Crippen LogP contribution in [0.2, 0.25) is 0 Å². The minimum Gasteiger partial charge on any atom is -0.271 e. The van der Waals surface area contributed by atoms with E-state index in [0.717, 1.165) is 11.8 Å². The first kappa shape index (κ1) is 14.0. The number of hydrogen-bond donors (Lipinski definition) is 2. The maximum Gasteiger partial charge on any atom is 0.141 e. The Bertz CT molecular complexity index is 578. The van der Waals surface area contributed by atoms with Crippen molar-refractivity contribution < 1.29 is 8.78 Å². The molecule has 19 heavy (non-hydrogen) atoms. The summed E-state index contributed by atoms with van der Waals surface area (Å²) in [7, 11) is 0. The molecule has 1 aromatic heterocycles. The normalized spacial score (nSPS) is 12.4. The number of benzene rings is 1. The Kier molecular flexibility index (Phi) is 4.57. The van der Waals surface area contributed by atoms with Gasteiger partial charge < -0.3 is 0 Å². The Hall–Kier alpha value is -1.37. The van der Waals surface area contributed by atoms with Crippen LogP contribution < -0.4 is 11.3 Å². The summed E-state index contributed by atoms with van der Waals surface area (Å²) in [5, 5.41) is 0. The van der Waals surface area contributed by atoms with Gasteiger partial charge in [0.1, 0.15) is 11.6 Å². The highest BCUT2D eigenvalue weighted by Crippen LogP contribution is 2.22. The molecular formula is C13H12BrF2N3. The molecule has 0 spiro atoms. The molecular weight excluding hydrogens is 316 g/mol. The van der Waals surface area contributed by atoms with Gasteiger partial charge in [0.15, 0.2) is 0 Å². The monoisotopic (exact) mass is 327 g/mol. The van der Waals surface area contributed by atoms with E-state index in [1.807, 2.05) is 0 Å². The minimum atomic E-state index is -0.418. The van der Waals surface area contributed by atoms with Crippen LogP contribution in [0.15, 0.2) is 41.1 Å².